The normalized spacial score (nSPS) is 10.6. The van der Waals surface area contributed by atoms with Crippen LogP contribution in [0, 0.1) is 5.82 Å². The van der Waals surface area contributed by atoms with Crippen LogP contribution in [0.1, 0.15) is 18.1 Å². The van der Waals surface area contributed by atoms with Gasteiger partial charge in [0.25, 0.3) is 0 Å². The molecule has 30 heavy (non-hydrogen) atoms. The fourth-order valence-corrected chi connectivity index (χ4v) is 3.07. The third kappa shape index (κ3) is 6.34. The molecule has 0 amide bonds. The van der Waals surface area contributed by atoms with E-state index in [-0.39, 0.29) is 12.4 Å². The second kappa shape index (κ2) is 11.4. The molecule has 2 aromatic carbocycles. The van der Waals surface area contributed by atoms with Crippen molar-refractivity contribution in [3.05, 3.63) is 82.8 Å². The topological polar surface area (TPSA) is 52.6 Å². The first-order valence-corrected chi connectivity index (χ1v) is 10.1. The molecule has 0 fully saturated rings. The van der Waals surface area contributed by atoms with Gasteiger partial charge in [-0.1, -0.05) is 35.9 Å². The Bertz CT molecular complexity index is 941. The summed E-state index contributed by atoms with van der Waals surface area (Å²) in [5.41, 5.74) is 1.40. The van der Waals surface area contributed by atoms with Crippen molar-refractivity contribution in [3.8, 4) is 17.4 Å². The first-order chi connectivity index (χ1) is 14.7. The van der Waals surface area contributed by atoms with E-state index in [1.807, 2.05) is 37.3 Å². The molecule has 3 aromatic rings. The van der Waals surface area contributed by atoms with E-state index in [1.54, 1.807) is 24.4 Å². The van der Waals surface area contributed by atoms with Crippen LogP contribution in [0.15, 0.2) is 60.8 Å². The molecule has 0 saturated heterocycles. The Morgan fingerprint density at radius 3 is 2.63 bits per heavy atom. The molecule has 3 rings (SSSR count). The Morgan fingerprint density at radius 1 is 1.03 bits per heavy atom. The lowest BCUT2D eigenvalue weighted by molar-refractivity contribution is 0.265. The Labute approximate surface area is 180 Å². The van der Waals surface area contributed by atoms with Gasteiger partial charge in [-0.2, -0.15) is 0 Å². The molecule has 0 atom stereocenters. The SMILES string of the molecule is CCOc1cc(CNCCOc2ccccn2)cc(Cl)c1OCc1ccccc1F. The molecular formula is C23H24ClFN2O3. The average Bonchev–Trinajstić information content (AvgIpc) is 2.75. The van der Waals surface area contributed by atoms with Gasteiger partial charge in [-0.25, -0.2) is 9.37 Å². The highest BCUT2D eigenvalue weighted by Gasteiger charge is 2.14. The van der Waals surface area contributed by atoms with Crippen LogP contribution in [0.3, 0.4) is 0 Å². The maximum absolute atomic E-state index is 13.8. The van der Waals surface area contributed by atoms with Gasteiger partial charge in [-0.05, 0) is 36.8 Å². The number of rotatable bonds is 11. The van der Waals surface area contributed by atoms with Crippen molar-refractivity contribution in [1.29, 1.82) is 0 Å². The van der Waals surface area contributed by atoms with Crippen LogP contribution in [0.25, 0.3) is 0 Å². The molecule has 7 heteroatoms. The smallest absolute Gasteiger partial charge is 0.213 e. The van der Waals surface area contributed by atoms with Gasteiger partial charge in [0, 0.05) is 30.9 Å². The first-order valence-electron chi connectivity index (χ1n) is 9.73. The first kappa shape index (κ1) is 21.9. The highest BCUT2D eigenvalue weighted by Crippen LogP contribution is 2.37. The standard InChI is InChI=1S/C23H24ClFN2O3/c1-2-28-21-14-17(15-26-11-12-29-22-9-5-6-10-27-22)13-19(24)23(21)30-16-18-7-3-4-8-20(18)25/h3-10,13-14,26H,2,11-12,15-16H2,1H3. The summed E-state index contributed by atoms with van der Waals surface area (Å²) in [5.74, 6) is 1.21. The Kier molecular flexibility index (Phi) is 8.30. The van der Waals surface area contributed by atoms with Crippen molar-refractivity contribution >= 4 is 11.6 Å². The summed E-state index contributed by atoms with van der Waals surface area (Å²) >= 11 is 6.44. The van der Waals surface area contributed by atoms with Crippen LogP contribution < -0.4 is 19.5 Å². The summed E-state index contributed by atoms with van der Waals surface area (Å²) < 4.78 is 30.9. The zero-order chi connectivity index (χ0) is 21.2. The molecule has 0 bridgehead atoms. The van der Waals surface area contributed by atoms with Gasteiger partial charge in [-0.3, -0.25) is 0 Å². The summed E-state index contributed by atoms with van der Waals surface area (Å²) in [5, 5.41) is 3.71. The maximum atomic E-state index is 13.8. The fraction of sp³-hybridized carbons (Fsp3) is 0.261. The zero-order valence-electron chi connectivity index (χ0n) is 16.7. The minimum Gasteiger partial charge on any atom is -0.490 e. The van der Waals surface area contributed by atoms with E-state index in [4.69, 9.17) is 25.8 Å². The zero-order valence-corrected chi connectivity index (χ0v) is 17.5. The summed E-state index contributed by atoms with van der Waals surface area (Å²) in [6, 6.07) is 15.7. The lowest BCUT2D eigenvalue weighted by atomic mass is 10.2. The van der Waals surface area contributed by atoms with Crippen molar-refractivity contribution in [2.45, 2.75) is 20.1 Å². The number of ether oxygens (including phenoxy) is 3. The van der Waals surface area contributed by atoms with Crippen molar-refractivity contribution in [1.82, 2.24) is 10.3 Å². The molecule has 1 aromatic heterocycles. The largest absolute Gasteiger partial charge is 0.490 e. The predicted octanol–water partition coefficient (Wildman–Crippen LogP) is 5.02. The van der Waals surface area contributed by atoms with Gasteiger partial charge in [-0.15, -0.1) is 0 Å². The minimum absolute atomic E-state index is 0.0644. The quantitative estimate of drug-likeness (QED) is 0.433. The van der Waals surface area contributed by atoms with E-state index in [0.29, 0.717) is 54.3 Å². The highest BCUT2D eigenvalue weighted by molar-refractivity contribution is 6.32. The molecule has 0 aliphatic rings. The fourth-order valence-electron chi connectivity index (χ4n) is 2.78. The molecule has 1 heterocycles. The van der Waals surface area contributed by atoms with Crippen LogP contribution in [-0.4, -0.2) is 24.7 Å². The van der Waals surface area contributed by atoms with Crippen LogP contribution in [0.2, 0.25) is 5.02 Å². The van der Waals surface area contributed by atoms with E-state index in [0.717, 1.165) is 5.56 Å². The summed E-state index contributed by atoms with van der Waals surface area (Å²) in [4.78, 5) is 4.11. The summed E-state index contributed by atoms with van der Waals surface area (Å²) in [6.07, 6.45) is 1.69. The number of nitrogens with one attached hydrogen (secondary N) is 1. The van der Waals surface area contributed by atoms with Crippen LogP contribution in [-0.2, 0) is 13.2 Å². The monoisotopic (exact) mass is 430 g/mol. The molecular weight excluding hydrogens is 407 g/mol. The Morgan fingerprint density at radius 2 is 1.87 bits per heavy atom. The summed E-state index contributed by atoms with van der Waals surface area (Å²) in [7, 11) is 0. The van der Waals surface area contributed by atoms with Gasteiger partial charge < -0.3 is 19.5 Å². The number of benzene rings is 2. The third-order valence-electron chi connectivity index (χ3n) is 4.19. The number of halogens is 2. The molecule has 0 unspecified atom stereocenters. The molecule has 0 radical (unpaired) electrons. The second-order valence-corrected chi connectivity index (χ2v) is 6.82. The van der Waals surface area contributed by atoms with Crippen molar-refractivity contribution in [3.63, 3.8) is 0 Å². The maximum Gasteiger partial charge on any atom is 0.213 e. The molecule has 5 nitrogen and oxygen atoms in total. The van der Waals surface area contributed by atoms with Crippen molar-refractivity contribution in [2.24, 2.45) is 0 Å². The second-order valence-electron chi connectivity index (χ2n) is 6.41. The number of pyridine rings is 1. The summed E-state index contributed by atoms with van der Waals surface area (Å²) in [6.45, 7) is 4.13. The number of nitrogens with zero attached hydrogens (tertiary/aromatic N) is 1. The molecule has 1 N–H and O–H groups in total. The van der Waals surface area contributed by atoms with E-state index in [1.165, 1.54) is 6.07 Å². The van der Waals surface area contributed by atoms with Crippen LogP contribution in [0.5, 0.6) is 17.4 Å². The number of hydrogen-bond donors (Lipinski definition) is 1. The van der Waals surface area contributed by atoms with Crippen LogP contribution >= 0.6 is 11.6 Å². The third-order valence-corrected chi connectivity index (χ3v) is 4.48. The van der Waals surface area contributed by atoms with E-state index in [9.17, 15) is 4.39 Å². The molecule has 158 valence electrons. The molecule has 0 aliphatic carbocycles. The minimum atomic E-state index is -0.319. The Balaban J connectivity index is 1.57. The van der Waals surface area contributed by atoms with Gasteiger partial charge >= 0.3 is 0 Å². The predicted molar refractivity (Wildman–Crippen MR) is 115 cm³/mol. The lowest BCUT2D eigenvalue weighted by Gasteiger charge is -2.16. The average molecular weight is 431 g/mol. The van der Waals surface area contributed by atoms with E-state index in [2.05, 4.69) is 10.3 Å². The van der Waals surface area contributed by atoms with E-state index < -0.39 is 0 Å². The van der Waals surface area contributed by atoms with E-state index >= 15 is 0 Å². The Hall–Kier alpha value is -2.83. The van der Waals surface area contributed by atoms with Gasteiger partial charge in [0.05, 0.1) is 11.6 Å². The van der Waals surface area contributed by atoms with Gasteiger partial charge in [0.2, 0.25) is 5.88 Å². The molecule has 0 spiro atoms. The number of aromatic nitrogens is 1. The van der Waals surface area contributed by atoms with Gasteiger partial charge in [0.1, 0.15) is 19.0 Å². The highest BCUT2D eigenvalue weighted by atomic mass is 35.5. The molecule has 0 aliphatic heterocycles. The van der Waals surface area contributed by atoms with Crippen LogP contribution in [0.4, 0.5) is 4.39 Å². The number of hydrogen-bond acceptors (Lipinski definition) is 5. The lowest BCUT2D eigenvalue weighted by Crippen LogP contribution is -2.20. The molecule has 0 saturated carbocycles. The van der Waals surface area contributed by atoms with Gasteiger partial charge in [0.15, 0.2) is 11.5 Å². The van der Waals surface area contributed by atoms with Crippen molar-refractivity contribution < 1.29 is 18.6 Å². The van der Waals surface area contributed by atoms with Crippen molar-refractivity contribution in [2.75, 3.05) is 19.8 Å².